The fraction of sp³-hybridized carbons (Fsp3) is 0.300. The number of halogens is 2. The minimum absolute atomic E-state index is 0.146. The van der Waals surface area contributed by atoms with Gasteiger partial charge in [-0.05, 0) is 37.1 Å². The van der Waals surface area contributed by atoms with Crippen LogP contribution in [0.15, 0.2) is 42.5 Å². The molecule has 1 saturated heterocycles. The van der Waals surface area contributed by atoms with E-state index < -0.39 is 5.60 Å². The number of benzene rings is 2. The number of ether oxygens (including phenoxy) is 2. The van der Waals surface area contributed by atoms with Gasteiger partial charge in [0.1, 0.15) is 5.75 Å². The van der Waals surface area contributed by atoms with Crippen molar-refractivity contribution in [2.75, 3.05) is 19.7 Å². The molecule has 2 aromatic carbocycles. The van der Waals surface area contributed by atoms with Gasteiger partial charge in [-0.25, -0.2) is 4.79 Å². The number of esters is 1. The Bertz CT molecular complexity index is 917. The van der Waals surface area contributed by atoms with Crippen LogP contribution >= 0.6 is 23.2 Å². The largest absolute Gasteiger partial charge is 0.482 e. The minimum atomic E-state index is -0.764. The first-order valence-electron chi connectivity index (χ1n) is 8.67. The number of carbonyl (C=O) groups excluding carboxylic acids is 2. The Balaban J connectivity index is 1.47. The van der Waals surface area contributed by atoms with Crippen molar-refractivity contribution in [1.82, 2.24) is 4.90 Å². The van der Waals surface area contributed by atoms with Crippen molar-refractivity contribution in [3.63, 3.8) is 0 Å². The van der Waals surface area contributed by atoms with Gasteiger partial charge in [-0.1, -0.05) is 41.4 Å². The molecular formula is C20H17Cl2NO4. The first kappa shape index (κ1) is 18.1. The number of piperidine rings is 1. The van der Waals surface area contributed by atoms with Crippen molar-refractivity contribution in [3.8, 4) is 5.75 Å². The summed E-state index contributed by atoms with van der Waals surface area (Å²) in [6.07, 6.45) is 1.44. The molecule has 1 amide bonds. The van der Waals surface area contributed by atoms with Gasteiger partial charge in [0.05, 0.1) is 17.1 Å². The van der Waals surface area contributed by atoms with Crippen LogP contribution in [0, 0.1) is 0 Å². The standard InChI is InChI=1S/C20H17Cl2NO4/c21-13-6-7-17(16(22)10-13)26-11-18(24)23-9-3-8-20(12-23)15-5-2-1-4-14(15)19(25)27-20/h1-2,4-7,10H,3,8-9,11-12H2. The van der Waals surface area contributed by atoms with Gasteiger partial charge in [0, 0.05) is 17.1 Å². The van der Waals surface area contributed by atoms with E-state index in [1.165, 1.54) is 0 Å². The number of amides is 1. The van der Waals surface area contributed by atoms with Crippen LogP contribution < -0.4 is 4.74 Å². The Kier molecular flexibility index (Phi) is 4.74. The van der Waals surface area contributed by atoms with E-state index in [-0.39, 0.29) is 18.5 Å². The third-order valence-electron chi connectivity index (χ3n) is 4.98. The van der Waals surface area contributed by atoms with E-state index in [9.17, 15) is 9.59 Å². The van der Waals surface area contributed by atoms with Crippen LogP contribution in [0.1, 0.15) is 28.8 Å². The summed E-state index contributed by atoms with van der Waals surface area (Å²) in [7, 11) is 0. The summed E-state index contributed by atoms with van der Waals surface area (Å²) in [6.45, 7) is 0.775. The second-order valence-electron chi connectivity index (χ2n) is 6.71. The Hall–Kier alpha value is -2.24. The number of hydrogen-bond donors (Lipinski definition) is 0. The monoisotopic (exact) mass is 405 g/mol. The van der Waals surface area contributed by atoms with Crippen LogP contribution in [-0.4, -0.2) is 36.5 Å². The molecule has 0 N–H and O–H groups in total. The van der Waals surface area contributed by atoms with E-state index in [2.05, 4.69) is 0 Å². The zero-order valence-electron chi connectivity index (χ0n) is 14.4. The molecule has 27 heavy (non-hydrogen) atoms. The highest BCUT2D eigenvalue weighted by atomic mass is 35.5. The normalized spacial score (nSPS) is 21.1. The molecule has 2 aromatic rings. The van der Waals surface area contributed by atoms with Gasteiger partial charge in [-0.2, -0.15) is 0 Å². The summed E-state index contributed by atoms with van der Waals surface area (Å²) in [6, 6.07) is 12.2. The number of carbonyl (C=O) groups is 2. The molecule has 1 fully saturated rings. The molecule has 2 aliphatic rings. The molecule has 0 aliphatic carbocycles. The summed E-state index contributed by atoms with van der Waals surface area (Å²) in [5.74, 6) is -0.108. The molecule has 4 rings (SSSR count). The number of likely N-dealkylation sites (tertiary alicyclic amines) is 1. The predicted octanol–water partition coefficient (Wildman–Crippen LogP) is 4.06. The lowest BCUT2D eigenvalue weighted by atomic mass is 9.85. The SMILES string of the molecule is O=C1OC2(CCCN(C(=O)COc3ccc(Cl)cc3Cl)C2)c2ccccc21. The summed E-state index contributed by atoms with van der Waals surface area (Å²) in [5, 5.41) is 0.849. The van der Waals surface area contributed by atoms with Gasteiger partial charge < -0.3 is 14.4 Å². The first-order chi connectivity index (χ1) is 13.0. The minimum Gasteiger partial charge on any atom is -0.482 e. The molecule has 140 valence electrons. The highest BCUT2D eigenvalue weighted by Crippen LogP contribution is 2.42. The van der Waals surface area contributed by atoms with Gasteiger partial charge in [0.25, 0.3) is 5.91 Å². The first-order valence-corrected chi connectivity index (χ1v) is 9.43. The predicted molar refractivity (Wildman–Crippen MR) is 101 cm³/mol. The van der Waals surface area contributed by atoms with Crippen LogP contribution in [0.4, 0.5) is 0 Å². The van der Waals surface area contributed by atoms with Crippen molar-refractivity contribution in [2.45, 2.75) is 18.4 Å². The van der Waals surface area contributed by atoms with Crippen LogP contribution in [-0.2, 0) is 15.1 Å². The van der Waals surface area contributed by atoms with E-state index in [1.807, 2.05) is 18.2 Å². The second-order valence-corrected chi connectivity index (χ2v) is 7.56. The van der Waals surface area contributed by atoms with Crippen molar-refractivity contribution in [1.29, 1.82) is 0 Å². The maximum atomic E-state index is 12.7. The third-order valence-corrected chi connectivity index (χ3v) is 5.51. The molecule has 2 heterocycles. The molecule has 2 aliphatic heterocycles. The zero-order valence-corrected chi connectivity index (χ0v) is 15.9. The lowest BCUT2D eigenvalue weighted by Gasteiger charge is -2.39. The Morgan fingerprint density at radius 2 is 2.04 bits per heavy atom. The van der Waals surface area contributed by atoms with Gasteiger partial charge >= 0.3 is 5.97 Å². The Labute approximate surface area is 166 Å². The summed E-state index contributed by atoms with van der Waals surface area (Å²) in [4.78, 5) is 26.6. The lowest BCUT2D eigenvalue weighted by molar-refractivity contribution is -0.140. The molecular weight excluding hydrogens is 389 g/mol. The van der Waals surface area contributed by atoms with Crippen LogP contribution in [0.3, 0.4) is 0 Å². The maximum Gasteiger partial charge on any atom is 0.339 e. The molecule has 1 spiro atoms. The molecule has 0 radical (unpaired) electrons. The van der Waals surface area contributed by atoms with E-state index in [4.69, 9.17) is 32.7 Å². The lowest BCUT2D eigenvalue weighted by Crippen LogP contribution is -2.50. The van der Waals surface area contributed by atoms with E-state index >= 15 is 0 Å². The number of fused-ring (bicyclic) bond motifs is 2. The molecule has 0 aromatic heterocycles. The van der Waals surface area contributed by atoms with E-state index in [0.29, 0.717) is 40.9 Å². The number of rotatable bonds is 3. The summed E-state index contributed by atoms with van der Waals surface area (Å²) in [5.41, 5.74) is 0.671. The maximum absolute atomic E-state index is 12.7. The van der Waals surface area contributed by atoms with Gasteiger partial charge in [-0.3, -0.25) is 4.79 Å². The van der Waals surface area contributed by atoms with Crippen molar-refractivity contribution in [2.24, 2.45) is 0 Å². The molecule has 0 saturated carbocycles. The highest BCUT2D eigenvalue weighted by molar-refractivity contribution is 6.35. The smallest absolute Gasteiger partial charge is 0.339 e. The average molecular weight is 406 g/mol. The van der Waals surface area contributed by atoms with Crippen LogP contribution in [0.2, 0.25) is 10.0 Å². The number of nitrogens with zero attached hydrogens (tertiary/aromatic N) is 1. The Morgan fingerprint density at radius 3 is 2.85 bits per heavy atom. The summed E-state index contributed by atoms with van der Waals surface area (Å²) < 4.78 is 11.3. The van der Waals surface area contributed by atoms with Crippen LogP contribution in [0.5, 0.6) is 5.75 Å². The molecule has 7 heteroatoms. The zero-order chi connectivity index (χ0) is 19.0. The summed E-state index contributed by atoms with van der Waals surface area (Å²) >= 11 is 11.9. The number of hydrogen-bond acceptors (Lipinski definition) is 4. The van der Waals surface area contributed by atoms with E-state index in [0.717, 1.165) is 12.0 Å². The fourth-order valence-electron chi connectivity index (χ4n) is 3.71. The topological polar surface area (TPSA) is 55.8 Å². The van der Waals surface area contributed by atoms with E-state index in [1.54, 1.807) is 29.2 Å². The quantitative estimate of drug-likeness (QED) is 0.722. The average Bonchev–Trinajstić information content (AvgIpc) is 2.93. The molecule has 0 bridgehead atoms. The highest BCUT2D eigenvalue weighted by Gasteiger charge is 2.48. The van der Waals surface area contributed by atoms with Gasteiger partial charge in [0.15, 0.2) is 12.2 Å². The van der Waals surface area contributed by atoms with Crippen molar-refractivity contribution in [3.05, 3.63) is 63.6 Å². The Morgan fingerprint density at radius 1 is 1.22 bits per heavy atom. The third kappa shape index (κ3) is 3.37. The second kappa shape index (κ2) is 7.06. The van der Waals surface area contributed by atoms with Crippen molar-refractivity contribution >= 4 is 35.1 Å². The van der Waals surface area contributed by atoms with Gasteiger partial charge in [0.2, 0.25) is 0 Å². The molecule has 5 nitrogen and oxygen atoms in total. The fourth-order valence-corrected chi connectivity index (χ4v) is 4.17. The molecule has 1 unspecified atom stereocenters. The van der Waals surface area contributed by atoms with Gasteiger partial charge in [-0.15, -0.1) is 0 Å². The van der Waals surface area contributed by atoms with Crippen molar-refractivity contribution < 1.29 is 19.1 Å². The van der Waals surface area contributed by atoms with Crippen LogP contribution in [0.25, 0.3) is 0 Å². The molecule has 1 atom stereocenters.